The van der Waals surface area contributed by atoms with Gasteiger partial charge in [0, 0.05) is 5.70 Å². The maximum Gasteiger partial charge on any atom is 0.317 e. The van der Waals surface area contributed by atoms with Gasteiger partial charge >= 0.3 is 5.97 Å². The van der Waals surface area contributed by atoms with Gasteiger partial charge in [-0.25, -0.2) is 0 Å². The zero-order chi connectivity index (χ0) is 17.3. The van der Waals surface area contributed by atoms with Crippen molar-refractivity contribution < 1.29 is 19.0 Å². The third-order valence-electron chi connectivity index (χ3n) is 3.80. The lowest BCUT2D eigenvalue weighted by Gasteiger charge is -2.35. The summed E-state index contributed by atoms with van der Waals surface area (Å²) in [7, 11) is 0. The van der Waals surface area contributed by atoms with Crippen LogP contribution in [-0.4, -0.2) is 30.4 Å². The summed E-state index contributed by atoms with van der Waals surface area (Å²) in [5.41, 5.74) is 1.37. The first kappa shape index (κ1) is 16.6. The van der Waals surface area contributed by atoms with Crippen LogP contribution in [0.4, 0.5) is 0 Å². The third-order valence-corrected chi connectivity index (χ3v) is 4.02. The molecular weight excluding hydrogens is 328 g/mol. The highest BCUT2D eigenvalue weighted by Crippen LogP contribution is 2.37. The fourth-order valence-electron chi connectivity index (χ4n) is 2.80. The third kappa shape index (κ3) is 3.31. The van der Waals surface area contributed by atoms with Gasteiger partial charge in [-0.2, -0.15) is 0 Å². The number of carbonyl (C=O) groups excluding carboxylic acids is 1. The summed E-state index contributed by atoms with van der Waals surface area (Å²) < 4.78 is 16.6. The van der Waals surface area contributed by atoms with Crippen LogP contribution in [0.15, 0.2) is 30.5 Å². The van der Waals surface area contributed by atoms with Crippen LogP contribution in [0, 0.1) is 5.92 Å². The SMILES string of the molecule is C=C1NC(=S)N[C@@H](c2ccc3c(c2)OCCO3)[C@@H]1C(=O)OC(C)C. The summed E-state index contributed by atoms with van der Waals surface area (Å²) in [6, 6.07) is 5.21. The van der Waals surface area contributed by atoms with Gasteiger partial charge in [-0.3, -0.25) is 4.79 Å². The van der Waals surface area contributed by atoms with Crippen molar-refractivity contribution in [1.82, 2.24) is 10.6 Å². The smallest absolute Gasteiger partial charge is 0.317 e. The maximum absolute atomic E-state index is 12.5. The molecule has 1 fully saturated rings. The molecule has 2 N–H and O–H groups in total. The van der Waals surface area contributed by atoms with Crippen LogP contribution >= 0.6 is 12.2 Å². The number of hydrogen-bond donors (Lipinski definition) is 2. The summed E-state index contributed by atoms with van der Waals surface area (Å²) in [4.78, 5) is 12.5. The number of ether oxygens (including phenoxy) is 3. The van der Waals surface area contributed by atoms with E-state index in [0.717, 1.165) is 5.56 Å². The summed E-state index contributed by atoms with van der Waals surface area (Å²) in [6.07, 6.45) is -0.208. The number of thiocarbonyl (C=S) groups is 1. The lowest BCUT2D eigenvalue weighted by atomic mass is 9.89. The topological polar surface area (TPSA) is 68.8 Å². The summed E-state index contributed by atoms with van der Waals surface area (Å²) in [5.74, 6) is 0.410. The van der Waals surface area contributed by atoms with E-state index >= 15 is 0 Å². The monoisotopic (exact) mass is 348 g/mol. The molecule has 0 bridgehead atoms. The van der Waals surface area contributed by atoms with Crippen LogP contribution in [0.5, 0.6) is 11.5 Å². The molecule has 2 aliphatic rings. The van der Waals surface area contributed by atoms with E-state index in [1.165, 1.54) is 0 Å². The second-order valence-electron chi connectivity index (χ2n) is 5.97. The lowest BCUT2D eigenvalue weighted by molar-refractivity contribution is -0.152. The number of hydrogen-bond acceptors (Lipinski definition) is 5. The Bertz CT molecular complexity index is 689. The van der Waals surface area contributed by atoms with E-state index in [1.54, 1.807) is 0 Å². The standard InChI is InChI=1S/C17H20N2O4S/c1-9(2)23-16(20)14-10(3)18-17(24)19-15(14)11-4-5-12-13(8-11)22-7-6-21-12/h4-5,8-9,14-15H,3,6-7H2,1-2H3,(H2,18,19,24)/t14-,15+/m1/s1. The van der Waals surface area contributed by atoms with E-state index in [1.807, 2.05) is 32.0 Å². The first-order valence-electron chi connectivity index (χ1n) is 7.82. The minimum absolute atomic E-state index is 0.208. The highest BCUT2D eigenvalue weighted by atomic mass is 32.1. The maximum atomic E-state index is 12.5. The number of rotatable bonds is 3. The summed E-state index contributed by atoms with van der Waals surface area (Å²) in [6.45, 7) is 8.60. The Kier molecular flexibility index (Phi) is 4.62. The number of carbonyl (C=O) groups is 1. The van der Waals surface area contributed by atoms with Crippen molar-refractivity contribution in [2.24, 2.45) is 5.92 Å². The molecule has 0 aromatic heterocycles. The number of benzene rings is 1. The second kappa shape index (κ2) is 6.68. The molecule has 1 saturated heterocycles. The molecule has 3 rings (SSSR count). The Labute approximate surface area is 146 Å². The Balaban J connectivity index is 1.93. The molecule has 0 saturated carbocycles. The largest absolute Gasteiger partial charge is 0.486 e. The van der Waals surface area contributed by atoms with Gasteiger partial charge in [-0.1, -0.05) is 12.6 Å². The zero-order valence-corrected chi connectivity index (χ0v) is 14.4. The first-order valence-corrected chi connectivity index (χ1v) is 8.23. The van der Waals surface area contributed by atoms with Gasteiger partial charge in [-0.05, 0) is 43.8 Å². The van der Waals surface area contributed by atoms with Crippen molar-refractivity contribution in [2.75, 3.05) is 13.2 Å². The lowest BCUT2D eigenvalue weighted by Crippen LogP contribution is -2.51. The van der Waals surface area contributed by atoms with Crippen molar-refractivity contribution in [3.8, 4) is 11.5 Å². The fourth-order valence-corrected chi connectivity index (χ4v) is 3.06. The number of nitrogens with one attached hydrogen (secondary N) is 2. The van der Waals surface area contributed by atoms with Crippen LogP contribution in [0.25, 0.3) is 0 Å². The molecule has 0 spiro atoms. The van der Waals surface area contributed by atoms with Crippen molar-refractivity contribution in [2.45, 2.75) is 26.0 Å². The van der Waals surface area contributed by atoms with Gasteiger partial charge in [0.2, 0.25) is 0 Å². The van der Waals surface area contributed by atoms with Crippen LogP contribution in [0.3, 0.4) is 0 Å². The molecular formula is C17H20N2O4S. The molecule has 2 heterocycles. The molecule has 6 nitrogen and oxygen atoms in total. The van der Waals surface area contributed by atoms with Crippen molar-refractivity contribution >= 4 is 23.3 Å². The van der Waals surface area contributed by atoms with E-state index < -0.39 is 5.92 Å². The van der Waals surface area contributed by atoms with E-state index in [9.17, 15) is 4.79 Å². The molecule has 24 heavy (non-hydrogen) atoms. The highest BCUT2D eigenvalue weighted by molar-refractivity contribution is 7.80. The van der Waals surface area contributed by atoms with Crippen molar-refractivity contribution in [1.29, 1.82) is 0 Å². The predicted octanol–water partition coefficient (Wildman–Crippen LogP) is 2.06. The van der Waals surface area contributed by atoms with Crippen LogP contribution < -0.4 is 20.1 Å². The van der Waals surface area contributed by atoms with Crippen LogP contribution in [0.1, 0.15) is 25.5 Å². The van der Waals surface area contributed by atoms with Gasteiger partial charge in [-0.15, -0.1) is 0 Å². The quantitative estimate of drug-likeness (QED) is 0.640. The van der Waals surface area contributed by atoms with Crippen LogP contribution in [-0.2, 0) is 9.53 Å². The molecule has 0 radical (unpaired) electrons. The molecule has 0 aliphatic carbocycles. The van der Waals surface area contributed by atoms with E-state index in [0.29, 0.717) is 35.5 Å². The fraction of sp³-hybridized carbons (Fsp3) is 0.412. The number of fused-ring (bicyclic) bond motifs is 1. The Morgan fingerprint density at radius 3 is 2.75 bits per heavy atom. The van der Waals surface area contributed by atoms with E-state index in [2.05, 4.69) is 17.2 Å². The Hall–Kier alpha value is -2.28. The van der Waals surface area contributed by atoms with Crippen molar-refractivity contribution in [3.63, 3.8) is 0 Å². The minimum atomic E-state index is -0.596. The van der Waals surface area contributed by atoms with Crippen LogP contribution in [0.2, 0.25) is 0 Å². The molecule has 1 aromatic carbocycles. The molecule has 0 amide bonds. The Morgan fingerprint density at radius 1 is 1.33 bits per heavy atom. The van der Waals surface area contributed by atoms with Gasteiger partial charge < -0.3 is 24.8 Å². The molecule has 2 aliphatic heterocycles. The molecule has 1 aromatic rings. The van der Waals surface area contributed by atoms with Gasteiger partial charge in [0.15, 0.2) is 16.6 Å². The average Bonchev–Trinajstić information content (AvgIpc) is 2.52. The zero-order valence-electron chi connectivity index (χ0n) is 13.6. The summed E-state index contributed by atoms with van der Waals surface area (Å²) >= 11 is 5.22. The first-order chi connectivity index (χ1) is 11.5. The van der Waals surface area contributed by atoms with E-state index in [4.69, 9.17) is 26.4 Å². The highest BCUT2D eigenvalue weighted by Gasteiger charge is 2.38. The van der Waals surface area contributed by atoms with Crippen molar-refractivity contribution in [3.05, 3.63) is 36.0 Å². The van der Waals surface area contributed by atoms with Gasteiger partial charge in [0.05, 0.1) is 12.1 Å². The normalized spacial score (nSPS) is 22.6. The van der Waals surface area contributed by atoms with Gasteiger partial charge in [0.1, 0.15) is 19.1 Å². The second-order valence-corrected chi connectivity index (χ2v) is 6.38. The van der Waals surface area contributed by atoms with E-state index in [-0.39, 0.29) is 18.1 Å². The molecule has 0 unspecified atom stereocenters. The molecule has 7 heteroatoms. The molecule has 2 atom stereocenters. The summed E-state index contributed by atoms with van der Waals surface area (Å²) in [5, 5.41) is 6.48. The number of esters is 1. The van der Waals surface area contributed by atoms with Gasteiger partial charge in [0.25, 0.3) is 0 Å². The molecule has 128 valence electrons. The minimum Gasteiger partial charge on any atom is -0.486 e. The predicted molar refractivity (Wildman–Crippen MR) is 92.9 cm³/mol. The Morgan fingerprint density at radius 2 is 2.04 bits per heavy atom. The average molecular weight is 348 g/mol.